The quantitative estimate of drug-likeness (QED) is 0.666. The van der Waals surface area contributed by atoms with Crippen LogP contribution in [0.2, 0.25) is 0 Å². The van der Waals surface area contributed by atoms with Crippen molar-refractivity contribution in [3.63, 3.8) is 0 Å². The fourth-order valence-corrected chi connectivity index (χ4v) is 3.80. The number of aliphatic hydroxyl groups is 1. The molecular weight excluding hydrogens is 388 g/mol. The Labute approximate surface area is 174 Å². The molecule has 4 heterocycles. The first-order valence-corrected chi connectivity index (χ1v) is 9.98. The van der Waals surface area contributed by atoms with E-state index in [4.69, 9.17) is 13.6 Å². The Morgan fingerprint density at radius 3 is 2.60 bits per heavy atom. The number of allylic oxidation sites excluding steroid dienone is 1. The number of furan rings is 2. The van der Waals surface area contributed by atoms with Crippen molar-refractivity contribution < 1.29 is 28.3 Å². The number of morpholine rings is 1. The zero-order valence-electron chi connectivity index (χ0n) is 16.5. The first kappa shape index (κ1) is 20.2. The number of rotatable bonds is 8. The van der Waals surface area contributed by atoms with Gasteiger partial charge < -0.3 is 23.6 Å². The van der Waals surface area contributed by atoms with Crippen molar-refractivity contribution in [2.75, 3.05) is 39.4 Å². The number of hydrogen-bond acceptors (Lipinski definition) is 7. The van der Waals surface area contributed by atoms with Gasteiger partial charge in [-0.1, -0.05) is 0 Å². The third kappa shape index (κ3) is 4.24. The minimum atomic E-state index is -0.758. The van der Waals surface area contributed by atoms with Crippen LogP contribution >= 0.6 is 0 Å². The minimum Gasteiger partial charge on any atom is -0.503 e. The monoisotopic (exact) mass is 412 g/mol. The zero-order chi connectivity index (χ0) is 20.9. The molecule has 0 saturated carbocycles. The molecule has 1 unspecified atom stereocenters. The lowest BCUT2D eigenvalue weighted by Crippen LogP contribution is -2.39. The molecule has 30 heavy (non-hydrogen) atoms. The first-order chi connectivity index (χ1) is 14.6. The first-order valence-electron chi connectivity index (χ1n) is 9.98. The Hall–Kier alpha value is -3.10. The number of carbonyl (C=O) groups is 2. The second kappa shape index (κ2) is 9.15. The number of hydrogen-bond donors (Lipinski definition) is 1. The highest BCUT2D eigenvalue weighted by Crippen LogP contribution is 2.38. The summed E-state index contributed by atoms with van der Waals surface area (Å²) in [5.41, 5.74) is 0.0177. The molecule has 2 aliphatic rings. The van der Waals surface area contributed by atoms with Crippen molar-refractivity contribution in [2.45, 2.75) is 12.5 Å². The summed E-state index contributed by atoms with van der Waals surface area (Å²) in [6.45, 7) is 4.34. The van der Waals surface area contributed by atoms with Gasteiger partial charge in [0.05, 0.1) is 31.3 Å². The highest BCUT2D eigenvalue weighted by Gasteiger charge is 2.44. The fraction of sp³-hybridized carbons (Fsp3) is 0.364. The van der Waals surface area contributed by atoms with Crippen molar-refractivity contribution in [3.8, 4) is 0 Å². The van der Waals surface area contributed by atoms with Crippen molar-refractivity contribution in [2.24, 2.45) is 0 Å². The van der Waals surface area contributed by atoms with E-state index < -0.39 is 23.5 Å². The number of aliphatic hydroxyl groups excluding tert-OH is 1. The van der Waals surface area contributed by atoms with Crippen LogP contribution in [0, 0.1) is 0 Å². The largest absolute Gasteiger partial charge is 0.503 e. The number of ether oxygens (including phenoxy) is 1. The van der Waals surface area contributed by atoms with E-state index in [1.807, 2.05) is 0 Å². The van der Waals surface area contributed by atoms with Crippen LogP contribution in [0.3, 0.4) is 0 Å². The molecule has 1 saturated heterocycles. The highest BCUT2D eigenvalue weighted by atomic mass is 16.5. The zero-order valence-corrected chi connectivity index (χ0v) is 16.5. The van der Waals surface area contributed by atoms with Crippen LogP contribution in [0.5, 0.6) is 0 Å². The Bertz CT molecular complexity index is 923. The maximum atomic E-state index is 12.9. The standard InChI is InChI=1S/C22H24N2O6/c25-17(7-6-16-4-1-12-29-16)19-20(18-5-2-13-30-18)24(22(27)21(19)26)9-3-8-23-10-14-28-15-11-23/h1-2,4-7,12-13,20,26H,3,8-11,14-15H2. The normalized spacial score (nSPS) is 20.6. The van der Waals surface area contributed by atoms with Gasteiger partial charge in [-0.3, -0.25) is 14.5 Å². The van der Waals surface area contributed by atoms with Crippen LogP contribution in [-0.4, -0.2) is 66.0 Å². The van der Waals surface area contributed by atoms with E-state index in [0.717, 1.165) is 19.6 Å². The van der Waals surface area contributed by atoms with Gasteiger partial charge in [0.15, 0.2) is 11.5 Å². The summed E-state index contributed by atoms with van der Waals surface area (Å²) in [5.74, 6) is -0.613. The summed E-state index contributed by atoms with van der Waals surface area (Å²) < 4.78 is 16.1. The van der Waals surface area contributed by atoms with Crippen LogP contribution in [-0.2, 0) is 14.3 Å². The lowest BCUT2D eigenvalue weighted by Gasteiger charge is -2.29. The summed E-state index contributed by atoms with van der Waals surface area (Å²) >= 11 is 0. The van der Waals surface area contributed by atoms with Gasteiger partial charge in [0.2, 0.25) is 0 Å². The molecule has 158 valence electrons. The van der Waals surface area contributed by atoms with E-state index in [9.17, 15) is 14.7 Å². The molecule has 0 bridgehead atoms. The molecular formula is C22H24N2O6. The molecule has 8 heteroatoms. The average Bonchev–Trinajstić information content (AvgIpc) is 3.51. The van der Waals surface area contributed by atoms with E-state index in [2.05, 4.69) is 4.90 Å². The maximum absolute atomic E-state index is 12.9. The highest BCUT2D eigenvalue weighted by molar-refractivity contribution is 6.14. The lowest BCUT2D eigenvalue weighted by molar-refractivity contribution is -0.129. The Balaban J connectivity index is 1.51. The third-order valence-electron chi connectivity index (χ3n) is 5.30. The summed E-state index contributed by atoms with van der Waals surface area (Å²) in [6, 6.07) is 6.06. The molecule has 8 nitrogen and oxygen atoms in total. The van der Waals surface area contributed by atoms with Crippen molar-refractivity contribution in [1.29, 1.82) is 0 Å². The lowest BCUT2D eigenvalue weighted by atomic mass is 10.0. The van der Waals surface area contributed by atoms with E-state index in [0.29, 0.717) is 37.7 Å². The summed E-state index contributed by atoms with van der Waals surface area (Å²) in [4.78, 5) is 29.4. The minimum absolute atomic E-state index is 0.0177. The second-order valence-electron chi connectivity index (χ2n) is 7.20. The molecule has 0 aromatic carbocycles. The van der Waals surface area contributed by atoms with Gasteiger partial charge in [0.1, 0.15) is 17.6 Å². The molecule has 0 aliphatic carbocycles. The molecule has 0 spiro atoms. The van der Waals surface area contributed by atoms with Crippen molar-refractivity contribution >= 4 is 17.8 Å². The van der Waals surface area contributed by atoms with Gasteiger partial charge in [-0.2, -0.15) is 0 Å². The SMILES string of the molecule is O=C(C=Cc1ccco1)C1=C(O)C(=O)N(CCCN2CCOCC2)C1c1ccco1. The van der Waals surface area contributed by atoms with Gasteiger partial charge in [-0.15, -0.1) is 0 Å². The van der Waals surface area contributed by atoms with E-state index in [1.54, 1.807) is 24.3 Å². The molecule has 1 N–H and O–H groups in total. The number of ketones is 1. The fourth-order valence-electron chi connectivity index (χ4n) is 3.80. The Kier molecular flexibility index (Phi) is 6.15. The molecule has 1 amide bonds. The number of nitrogens with zero attached hydrogens (tertiary/aromatic N) is 2. The Morgan fingerprint density at radius 2 is 1.90 bits per heavy atom. The predicted molar refractivity (Wildman–Crippen MR) is 107 cm³/mol. The number of carbonyl (C=O) groups excluding carboxylic acids is 2. The summed E-state index contributed by atoms with van der Waals surface area (Å²) in [7, 11) is 0. The van der Waals surface area contributed by atoms with Gasteiger partial charge in [-0.05, 0) is 42.8 Å². The van der Waals surface area contributed by atoms with E-state index in [1.165, 1.54) is 29.6 Å². The second-order valence-corrected chi connectivity index (χ2v) is 7.20. The predicted octanol–water partition coefficient (Wildman–Crippen LogP) is 2.57. The molecule has 1 atom stereocenters. The van der Waals surface area contributed by atoms with Crippen LogP contribution in [0.15, 0.2) is 63.0 Å². The van der Waals surface area contributed by atoms with Crippen LogP contribution < -0.4 is 0 Å². The molecule has 4 rings (SSSR count). The maximum Gasteiger partial charge on any atom is 0.290 e. The molecule has 1 fully saturated rings. The smallest absolute Gasteiger partial charge is 0.290 e. The van der Waals surface area contributed by atoms with Crippen LogP contribution in [0.1, 0.15) is 24.0 Å². The van der Waals surface area contributed by atoms with Crippen molar-refractivity contribution in [3.05, 3.63) is 65.7 Å². The third-order valence-corrected chi connectivity index (χ3v) is 5.30. The summed E-state index contributed by atoms with van der Waals surface area (Å²) in [5, 5.41) is 10.5. The molecule has 0 radical (unpaired) electrons. The van der Waals surface area contributed by atoms with E-state index in [-0.39, 0.29) is 5.57 Å². The molecule has 2 aromatic heterocycles. The van der Waals surface area contributed by atoms with Gasteiger partial charge >= 0.3 is 0 Å². The average molecular weight is 412 g/mol. The van der Waals surface area contributed by atoms with Gasteiger partial charge in [0, 0.05) is 26.2 Å². The molecule has 2 aromatic rings. The Morgan fingerprint density at radius 1 is 1.13 bits per heavy atom. The molecule has 2 aliphatic heterocycles. The van der Waals surface area contributed by atoms with Crippen LogP contribution in [0.25, 0.3) is 6.08 Å². The number of amides is 1. The van der Waals surface area contributed by atoms with Gasteiger partial charge in [0.25, 0.3) is 5.91 Å². The summed E-state index contributed by atoms with van der Waals surface area (Å²) in [6.07, 6.45) is 6.50. The topological polar surface area (TPSA) is 96.4 Å². The van der Waals surface area contributed by atoms with E-state index >= 15 is 0 Å². The van der Waals surface area contributed by atoms with Gasteiger partial charge in [-0.25, -0.2) is 0 Å². The van der Waals surface area contributed by atoms with Crippen molar-refractivity contribution in [1.82, 2.24) is 9.80 Å². The van der Waals surface area contributed by atoms with Crippen LogP contribution in [0.4, 0.5) is 0 Å².